The van der Waals surface area contributed by atoms with E-state index < -0.39 is 5.97 Å². The van der Waals surface area contributed by atoms with Gasteiger partial charge in [-0.25, -0.2) is 9.78 Å². The number of carbonyl (C=O) groups excluding carboxylic acids is 1. The number of urea groups is 1. The average Bonchev–Trinajstić information content (AvgIpc) is 2.86. The molecule has 0 saturated carbocycles. The Labute approximate surface area is 121 Å². The number of nitrogens with zero attached hydrogens (tertiary/aromatic N) is 2. The van der Waals surface area contributed by atoms with Crippen LogP contribution >= 0.6 is 11.3 Å². The monoisotopic (exact) mass is 295 g/mol. The van der Waals surface area contributed by atoms with Crippen molar-refractivity contribution < 1.29 is 14.7 Å². The maximum atomic E-state index is 11.8. The van der Waals surface area contributed by atoms with Crippen LogP contribution in [0.4, 0.5) is 4.79 Å². The lowest BCUT2D eigenvalue weighted by Gasteiger charge is -2.23. The van der Waals surface area contributed by atoms with E-state index in [1.807, 2.05) is 6.08 Å². The van der Waals surface area contributed by atoms with Gasteiger partial charge in [-0.1, -0.05) is 12.2 Å². The standard InChI is InChI=1S/C13H17N3O3S/c17-12(18)8-10-9-20-11(15-10)4-5-14-13(19)16-6-2-1-3-7-16/h1-2,9H,3-8H2,(H,14,19)(H,17,18). The third-order valence-electron chi connectivity index (χ3n) is 2.89. The summed E-state index contributed by atoms with van der Waals surface area (Å²) in [6, 6.07) is -0.0586. The van der Waals surface area contributed by atoms with Crippen molar-refractivity contribution in [2.45, 2.75) is 19.3 Å². The van der Waals surface area contributed by atoms with Crippen molar-refractivity contribution in [3.63, 3.8) is 0 Å². The summed E-state index contributed by atoms with van der Waals surface area (Å²) in [7, 11) is 0. The second kappa shape index (κ2) is 7.04. The van der Waals surface area contributed by atoms with Crippen molar-refractivity contribution in [1.29, 1.82) is 0 Å². The van der Waals surface area contributed by atoms with Crippen LogP contribution < -0.4 is 5.32 Å². The second-order valence-electron chi connectivity index (χ2n) is 4.49. The van der Waals surface area contributed by atoms with Gasteiger partial charge in [-0.05, 0) is 6.42 Å². The van der Waals surface area contributed by atoms with Crippen molar-refractivity contribution in [2.75, 3.05) is 19.6 Å². The van der Waals surface area contributed by atoms with Crippen molar-refractivity contribution in [2.24, 2.45) is 0 Å². The number of hydrogen-bond donors (Lipinski definition) is 2. The lowest BCUT2D eigenvalue weighted by atomic mass is 10.3. The highest BCUT2D eigenvalue weighted by molar-refractivity contribution is 7.09. The highest BCUT2D eigenvalue weighted by atomic mass is 32.1. The number of amides is 2. The van der Waals surface area contributed by atoms with Gasteiger partial charge < -0.3 is 15.3 Å². The van der Waals surface area contributed by atoms with Crippen molar-refractivity contribution in [1.82, 2.24) is 15.2 Å². The first kappa shape index (κ1) is 14.5. The first-order valence-corrected chi connectivity index (χ1v) is 7.36. The van der Waals surface area contributed by atoms with Gasteiger partial charge in [0.15, 0.2) is 0 Å². The van der Waals surface area contributed by atoms with E-state index in [0.717, 1.165) is 18.0 Å². The summed E-state index contributed by atoms with van der Waals surface area (Å²) in [6.45, 7) is 1.92. The third kappa shape index (κ3) is 4.34. The maximum Gasteiger partial charge on any atom is 0.317 e. The molecule has 0 bridgehead atoms. The smallest absolute Gasteiger partial charge is 0.317 e. The normalized spacial score (nSPS) is 14.3. The SMILES string of the molecule is O=C(O)Cc1csc(CCNC(=O)N2CC=CCC2)n1. The third-order valence-corrected chi connectivity index (χ3v) is 3.85. The predicted octanol–water partition coefficient (Wildman–Crippen LogP) is 1.28. The average molecular weight is 295 g/mol. The Morgan fingerprint density at radius 1 is 1.45 bits per heavy atom. The number of hydrogen-bond acceptors (Lipinski definition) is 4. The Hall–Kier alpha value is -1.89. The fourth-order valence-electron chi connectivity index (χ4n) is 1.91. The maximum absolute atomic E-state index is 11.8. The van der Waals surface area contributed by atoms with Crippen LogP contribution in [0.25, 0.3) is 0 Å². The zero-order valence-electron chi connectivity index (χ0n) is 11.0. The van der Waals surface area contributed by atoms with Gasteiger partial charge in [0.2, 0.25) is 0 Å². The Morgan fingerprint density at radius 3 is 3.00 bits per heavy atom. The summed E-state index contributed by atoms with van der Waals surface area (Å²) in [6.07, 6.45) is 5.53. The molecule has 7 heteroatoms. The van der Waals surface area contributed by atoms with E-state index in [9.17, 15) is 9.59 Å². The number of carbonyl (C=O) groups is 2. The quantitative estimate of drug-likeness (QED) is 0.802. The molecule has 0 aliphatic carbocycles. The van der Waals surface area contributed by atoms with Gasteiger partial charge in [-0.15, -0.1) is 11.3 Å². The van der Waals surface area contributed by atoms with E-state index in [1.165, 1.54) is 11.3 Å². The van der Waals surface area contributed by atoms with Gasteiger partial charge in [-0.2, -0.15) is 0 Å². The molecule has 1 aromatic rings. The van der Waals surface area contributed by atoms with E-state index in [-0.39, 0.29) is 12.5 Å². The van der Waals surface area contributed by atoms with E-state index in [1.54, 1.807) is 10.3 Å². The minimum Gasteiger partial charge on any atom is -0.481 e. The number of thiazole rings is 1. The Morgan fingerprint density at radius 2 is 2.30 bits per heavy atom. The molecule has 2 rings (SSSR count). The molecular formula is C13H17N3O3S. The van der Waals surface area contributed by atoms with Crippen LogP contribution in [-0.4, -0.2) is 46.6 Å². The molecule has 6 nitrogen and oxygen atoms in total. The molecule has 0 radical (unpaired) electrons. The molecule has 0 aromatic carbocycles. The first-order chi connectivity index (χ1) is 9.65. The fourth-order valence-corrected chi connectivity index (χ4v) is 2.71. The van der Waals surface area contributed by atoms with E-state index in [2.05, 4.69) is 16.4 Å². The summed E-state index contributed by atoms with van der Waals surface area (Å²) >= 11 is 1.43. The summed E-state index contributed by atoms with van der Waals surface area (Å²) in [5, 5.41) is 14.1. The number of rotatable bonds is 5. The molecule has 108 valence electrons. The lowest BCUT2D eigenvalue weighted by Crippen LogP contribution is -2.42. The number of nitrogens with one attached hydrogen (secondary N) is 1. The zero-order valence-corrected chi connectivity index (χ0v) is 11.9. The van der Waals surface area contributed by atoms with Crippen molar-refractivity contribution in [3.8, 4) is 0 Å². The molecule has 20 heavy (non-hydrogen) atoms. The molecule has 2 N–H and O–H groups in total. The Bertz CT molecular complexity index is 513. The van der Waals surface area contributed by atoms with Crippen LogP contribution in [0, 0.1) is 0 Å². The van der Waals surface area contributed by atoms with E-state index in [4.69, 9.17) is 5.11 Å². The molecular weight excluding hydrogens is 278 g/mol. The number of aliphatic carboxylic acids is 1. The van der Waals surface area contributed by atoms with Crippen LogP contribution in [0.15, 0.2) is 17.5 Å². The fraction of sp³-hybridized carbons (Fsp3) is 0.462. The van der Waals surface area contributed by atoms with E-state index >= 15 is 0 Å². The molecule has 0 fully saturated rings. The molecule has 1 aliphatic rings. The topological polar surface area (TPSA) is 82.5 Å². The largest absolute Gasteiger partial charge is 0.481 e. The highest BCUT2D eigenvalue weighted by Gasteiger charge is 2.13. The summed E-state index contributed by atoms with van der Waals surface area (Å²) < 4.78 is 0. The molecule has 1 aliphatic heterocycles. The summed E-state index contributed by atoms with van der Waals surface area (Å²) in [5.41, 5.74) is 0.574. The molecule has 0 spiro atoms. The number of carboxylic acid groups (broad SMARTS) is 1. The van der Waals surface area contributed by atoms with Gasteiger partial charge in [-0.3, -0.25) is 4.79 Å². The number of aromatic nitrogens is 1. The second-order valence-corrected chi connectivity index (χ2v) is 5.43. The highest BCUT2D eigenvalue weighted by Crippen LogP contribution is 2.10. The molecule has 1 aromatic heterocycles. The van der Waals surface area contributed by atoms with Gasteiger partial charge in [0.05, 0.1) is 17.1 Å². The first-order valence-electron chi connectivity index (χ1n) is 6.48. The summed E-state index contributed by atoms with van der Waals surface area (Å²) in [5.74, 6) is -0.881. The van der Waals surface area contributed by atoms with Crippen LogP contribution in [0.3, 0.4) is 0 Å². The minimum absolute atomic E-state index is 0.0526. The lowest BCUT2D eigenvalue weighted by molar-refractivity contribution is -0.136. The molecule has 2 amide bonds. The van der Waals surface area contributed by atoms with Gasteiger partial charge in [0.1, 0.15) is 0 Å². The molecule has 0 unspecified atom stereocenters. The molecule has 0 saturated heterocycles. The van der Waals surface area contributed by atoms with Gasteiger partial charge in [0.25, 0.3) is 0 Å². The van der Waals surface area contributed by atoms with Gasteiger partial charge >= 0.3 is 12.0 Å². The predicted molar refractivity (Wildman–Crippen MR) is 75.9 cm³/mol. The molecule has 2 heterocycles. The van der Waals surface area contributed by atoms with Gasteiger partial charge in [0, 0.05) is 31.4 Å². The van der Waals surface area contributed by atoms with E-state index in [0.29, 0.717) is 25.2 Å². The van der Waals surface area contributed by atoms with Crippen LogP contribution in [0.2, 0.25) is 0 Å². The van der Waals surface area contributed by atoms with Crippen molar-refractivity contribution >= 4 is 23.3 Å². The molecule has 0 atom stereocenters. The minimum atomic E-state index is -0.881. The number of carboxylic acids is 1. The van der Waals surface area contributed by atoms with Crippen LogP contribution in [0.5, 0.6) is 0 Å². The van der Waals surface area contributed by atoms with Crippen molar-refractivity contribution in [3.05, 3.63) is 28.2 Å². The zero-order chi connectivity index (χ0) is 14.4. The Balaban J connectivity index is 1.72. The van der Waals surface area contributed by atoms with Crippen LogP contribution in [-0.2, 0) is 17.6 Å². The Kier molecular flexibility index (Phi) is 5.11. The van der Waals surface area contributed by atoms with Crippen LogP contribution in [0.1, 0.15) is 17.1 Å². The summed E-state index contributed by atoms with van der Waals surface area (Å²) in [4.78, 5) is 28.4.